The molecule has 123 heavy (non-hydrogen) atoms. The molecule has 0 aromatic heterocycles. The van der Waals surface area contributed by atoms with E-state index in [1.165, 1.54) is 30.4 Å². The number of esters is 9. The molecule has 0 spiro atoms. The summed E-state index contributed by atoms with van der Waals surface area (Å²) < 4.78 is 56.5. The van der Waals surface area contributed by atoms with Crippen LogP contribution in [0.1, 0.15) is 391 Å². The monoisotopic (exact) mass is 1740 g/mol. The van der Waals surface area contributed by atoms with Crippen molar-refractivity contribution in [2.24, 2.45) is 16.2 Å². The van der Waals surface area contributed by atoms with E-state index in [1.807, 2.05) is 187 Å². The highest BCUT2D eigenvalue weighted by Crippen LogP contribution is 2.49. The number of unbranched alkanes of at least 4 members (excludes halogenated alkanes) is 3. The zero-order chi connectivity index (χ0) is 93.1. The number of carbonyl (C=O) groups is 9. The van der Waals surface area contributed by atoms with Crippen LogP contribution in [0.5, 0.6) is 0 Å². The second-order valence-corrected chi connectivity index (χ2v) is 44.3. The molecular weight excluding hydrogens is 1590 g/mol. The summed E-state index contributed by atoms with van der Waals surface area (Å²) in [5.41, 5.74) is -17.1. The van der Waals surface area contributed by atoms with Gasteiger partial charge in [0.15, 0.2) is 16.2 Å². The maximum atomic E-state index is 15.3. The molecule has 1 aromatic rings. The van der Waals surface area contributed by atoms with Crippen LogP contribution in [0.15, 0.2) is 18.2 Å². The first-order valence-electron chi connectivity index (χ1n) is 45.2. The van der Waals surface area contributed by atoms with E-state index in [-0.39, 0.29) is 152 Å². The van der Waals surface area contributed by atoms with Gasteiger partial charge < -0.3 is 73.9 Å². The lowest BCUT2D eigenvalue weighted by Crippen LogP contribution is -2.61. The Balaban J connectivity index is 1.24. The van der Waals surface area contributed by atoms with Crippen LogP contribution in [-0.2, 0) is 71.4 Å². The van der Waals surface area contributed by atoms with E-state index in [4.69, 9.17) is 42.6 Å². The van der Waals surface area contributed by atoms with Crippen molar-refractivity contribution in [3.8, 4) is 0 Å². The first-order valence-corrected chi connectivity index (χ1v) is 45.2. The summed E-state index contributed by atoms with van der Waals surface area (Å²) in [6.07, 6.45) is -0.177. The fourth-order valence-electron chi connectivity index (χ4n) is 21.3. The summed E-state index contributed by atoms with van der Waals surface area (Å²) in [7, 11) is 0. The number of ether oxygens (including phenoxy) is 9. The van der Waals surface area contributed by atoms with Crippen molar-refractivity contribution >= 4 is 53.7 Å². The van der Waals surface area contributed by atoms with Crippen LogP contribution < -0.4 is 0 Å². The quantitative estimate of drug-likeness (QED) is 0.0157. The molecule has 1 aromatic carbocycles. The molecule has 0 atom stereocenters. The fraction of sp³-hybridized carbons (Fsp3) is 0.839. The molecule has 6 N–H and O–H groups in total. The lowest BCUT2D eigenvalue weighted by Gasteiger charge is -2.51. The van der Waals surface area contributed by atoms with Gasteiger partial charge in [0.1, 0.15) is 36.6 Å². The summed E-state index contributed by atoms with van der Waals surface area (Å²) in [5.74, 6) is -8.24. The van der Waals surface area contributed by atoms with Crippen molar-refractivity contribution in [2.75, 3.05) is 19.8 Å². The SMILES string of the molecule is CCCCC(CCCOC(=O)c1cc(C(=O)OCCCC(CCCC)(C(=O)OC2CC(C)(C)N(O)C(C)(C)C2)C(=O)OC2CC(C)(C)N(O)C(C)(C)C2)cc(C(=O)OCCCC(CCCC)(C(=O)OC2CC(C)(C)N(O)C(C)(C)C2)C(=O)OC2CC(C)(C)N(O)C(C)(C)C2)c1)(C(=O)OC1CC(C)(C)N(O)C(C)(C)C1)C(=O)OC1CC(C)(C)N(O)C(C)(C)C1. The molecular formula is C93H156N6O24. The standard InChI is InChI=1S/C93H156N6O24/c1-28-31-37-91(73(103)118-64-49-79(4,5)94(109)80(6,7)50-64,74(104)119-65-51-81(8,9)95(110)82(10,11)52-65)40-34-43-115-70(100)61-46-62(71(101)116-44-35-41-92(38-32-29-2,75(105)120-66-53-83(12,13)96(111)84(14,15)54-66)76(106)121-67-55-85(16,17)97(112)86(18,19)56-67)48-63(47-61)72(102)117-45-36-42-93(39-33-30-3,77(107)122-68-57-87(20,21)98(113)88(22,23)58-68)78(108)123-69-59-89(24,25)99(114)90(26,27)60-69/h46-48,64-69,109-114H,28-45,49-60H2,1-27H3. The number of piperidine rings is 6. The second-order valence-electron chi connectivity index (χ2n) is 44.3. The number of hydrogen-bond acceptors (Lipinski definition) is 30. The zero-order valence-electron chi connectivity index (χ0n) is 79.6. The van der Waals surface area contributed by atoms with Crippen LogP contribution in [0.25, 0.3) is 0 Å². The maximum absolute atomic E-state index is 15.3. The van der Waals surface area contributed by atoms with Crippen LogP contribution in [0.4, 0.5) is 0 Å². The average molecular weight is 1740 g/mol. The topological polar surface area (TPSA) is 378 Å². The van der Waals surface area contributed by atoms with Crippen LogP contribution >= 0.6 is 0 Å². The molecule has 6 aliphatic heterocycles. The Kier molecular flexibility index (Phi) is 33.1. The van der Waals surface area contributed by atoms with Crippen molar-refractivity contribution in [1.29, 1.82) is 0 Å². The molecule has 0 unspecified atom stereocenters. The van der Waals surface area contributed by atoms with E-state index < -0.39 is 193 Å². The van der Waals surface area contributed by atoms with Gasteiger partial charge in [-0.1, -0.05) is 59.3 Å². The summed E-state index contributed by atoms with van der Waals surface area (Å²) in [4.78, 5) is 136. The van der Waals surface area contributed by atoms with Gasteiger partial charge in [-0.2, -0.15) is 30.4 Å². The minimum atomic E-state index is -1.95. The molecule has 30 heteroatoms. The van der Waals surface area contributed by atoms with Crippen molar-refractivity contribution < 1.29 is 117 Å². The highest BCUT2D eigenvalue weighted by atomic mass is 16.6. The molecule has 6 heterocycles. The largest absolute Gasteiger partial charge is 0.462 e. The first kappa shape index (κ1) is 104. The third kappa shape index (κ3) is 24.3. The Morgan fingerprint density at radius 1 is 0.260 bits per heavy atom. The minimum Gasteiger partial charge on any atom is -0.462 e. The Morgan fingerprint density at radius 2 is 0.390 bits per heavy atom. The van der Waals surface area contributed by atoms with Gasteiger partial charge >= 0.3 is 53.7 Å². The average Bonchev–Trinajstić information content (AvgIpc) is 0.764. The van der Waals surface area contributed by atoms with Crippen molar-refractivity contribution in [3.63, 3.8) is 0 Å². The third-order valence-electron chi connectivity index (χ3n) is 27.0. The number of carbonyl (C=O) groups excluding carboxylic acids is 9. The molecule has 6 fully saturated rings. The molecule has 0 aliphatic carbocycles. The highest BCUT2D eigenvalue weighted by Gasteiger charge is 2.59. The van der Waals surface area contributed by atoms with Gasteiger partial charge in [-0.05, 0) is 242 Å². The maximum Gasteiger partial charge on any atom is 0.338 e. The highest BCUT2D eigenvalue weighted by molar-refractivity contribution is 6.03. The third-order valence-corrected chi connectivity index (χ3v) is 27.0. The molecule has 6 aliphatic rings. The first-order chi connectivity index (χ1) is 56.3. The van der Waals surface area contributed by atoms with Crippen molar-refractivity contribution in [3.05, 3.63) is 34.9 Å². The number of benzene rings is 1. The summed E-state index contributed by atoms with van der Waals surface area (Å²) in [6.45, 7) is 48.2. The van der Waals surface area contributed by atoms with Crippen LogP contribution in [0.3, 0.4) is 0 Å². The van der Waals surface area contributed by atoms with Gasteiger partial charge in [0, 0.05) is 144 Å². The van der Waals surface area contributed by atoms with Gasteiger partial charge in [0.2, 0.25) is 0 Å². The van der Waals surface area contributed by atoms with Crippen LogP contribution in [0, 0.1) is 16.2 Å². The Bertz CT molecular complexity index is 3200. The molecule has 702 valence electrons. The number of hydrogen-bond donors (Lipinski definition) is 6. The van der Waals surface area contributed by atoms with E-state index in [0.717, 1.165) is 18.2 Å². The Labute approximate surface area is 732 Å². The van der Waals surface area contributed by atoms with Crippen LogP contribution in [0.2, 0.25) is 0 Å². The normalized spacial score (nSPS) is 23.4. The van der Waals surface area contributed by atoms with E-state index in [1.54, 1.807) is 0 Å². The second kappa shape index (κ2) is 39.1. The fourth-order valence-corrected chi connectivity index (χ4v) is 21.3. The molecule has 0 amide bonds. The Hall–Kier alpha value is -6.03. The van der Waals surface area contributed by atoms with Gasteiger partial charge in [0.25, 0.3) is 0 Å². The van der Waals surface area contributed by atoms with Gasteiger partial charge in [-0.3, -0.25) is 28.8 Å². The van der Waals surface area contributed by atoms with E-state index in [2.05, 4.69) is 0 Å². The smallest absolute Gasteiger partial charge is 0.338 e. The molecule has 0 saturated carbocycles. The lowest BCUT2D eigenvalue weighted by molar-refractivity contribution is -0.263. The number of rotatable bonds is 36. The van der Waals surface area contributed by atoms with Crippen molar-refractivity contribution in [2.45, 2.75) is 463 Å². The molecule has 0 radical (unpaired) electrons. The summed E-state index contributed by atoms with van der Waals surface area (Å²) in [6, 6.07) is 3.47. The summed E-state index contributed by atoms with van der Waals surface area (Å²) in [5, 5.41) is 75.1. The zero-order valence-corrected chi connectivity index (χ0v) is 79.6. The van der Waals surface area contributed by atoms with Gasteiger partial charge in [0.05, 0.1) is 36.5 Å². The predicted molar refractivity (Wildman–Crippen MR) is 456 cm³/mol. The van der Waals surface area contributed by atoms with Crippen molar-refractivity contribution in [1.82, 2.24) is 30.4 Å². The Morgan fingerprint density at radius 3 is 0.520 bits per heavy atom. The molecule has 0 bridgehead atoms. The number of hydroxylamine groups is 12. The molecule has 7 rings (SSSR count). The van der Waals surface area contributed by atoms with Gasteiger partial charge in [-0.15, -0.1) is 0 Å². The lowest BCUT2D eigenvalue weighted by atomic mass is 9.77. The van der Waals surface area contributed by atoms with E-state index >= 15 is 28.8 Å². The van der Waals surface area contributed by atoms with E-state index in [0.29, 0.717) is 38.5 Å². The summed E-state index contributed by atoms with van der Waals surface area (Å²) >= 11 is 0. The predicted octanol–water partition coefficient (Wildman–Crippen LogP) is 16.8. The minimum absolute atomic E-state index is 0.0168. The van der Waals surface area contributed by atoms with Crippen LogP contribution in [-0.4, -0.2) is 238 Å². The number of nitrogens with zero attached hydrogens (tertiary/aromatic N) is 6. The van der Waals surface area contributed by atoms with Gasteiger partial charge in [-0.25, -0.2) is 14.4 Å². The van der Waals surface area contributed by atoms with E-state index in [9.17, 15) is 45.6 Å². The molecule has 30 nitrogen and oxygen atoms in total. The molecule has 6 saturated heterocycles.